The molecule has 8 heteroatoms. The summed E-state index contributed by atoms with van der Waals surface area (Å²) in [6.07, 6.45) is 1.69. The summed E-state index contributed by atoms with van der Waals surface area (Å²) in [5, 5.41) is 13.3. The topological polar surface area (TPSA) is 66.9 Å². The predicted octanol–water partition coefficient (Wildman–Crippen LogP) is 3.40. The van der Waals surface area contributed by atoms with E-state index in [1.165, 1.54) is 15.7 Å². The van der Waals surface area contributed by atoms with Crippen molar-refractivity contribution in [3.63, 3.8) is 0 Å². The van der Waals surface area contributed by atoms with Crippen molar-refractivity contribution in [2.45, 2.75) is 13.5 Å². The number of nitrogens with zero attached hydrogens (tertiary/aromatic N) is 5. The minimum atomic E-state index is -0.361. The van der Waals surface area contributed by atoms with Crippen molar-refractivity contribution in [1.29, 1.82) is 0 Å². The molecular formula is C16H19N5O2S. The Morgan fingerprint density at radius 2 is 2.00 bits per heavy atom. The molecule has 0 amide bonds. The van der Waals surface area contributed by atoms with Crippen LogP contribution in [0.5, 0.6) is 0 Å². The lowest BCUT2D eigenvalue weighted by atomic mass is 10.2. The highest BCUT2D eigenvalue weighted by atomic mass is 32.1. The van der Waals surface area contributed by atoms with Gasteiger partial charge in [0.15, 0.2) is 0 Å². The molecule has 7 nitrogen and oxygen atoms in total. The molecule has 24 heavy (non-hydrogen) atoms. The SMILES string of the molecule is CCN(Cc1ccc(N(C)C)cc1)c1nc2sccn2c1[N+](=O)[O-]. The third-order valence-corrected chi connectivity index (χ3v) is 4.66. The van der Waals surface area contributed by atoms with Crippen molar-refractivity contribution in [3.8, 4) is 0 Å². The first kappa shape index (κ1) is 16.3. The van der Waals surface area contributed by atoms with Crippen molar-refractivity contribution in [1.82, 2.24) is 9.38 Å². The van der Waals surface area contributed by atoms with E-state index in [2.05, 4.69) is 4.98 Å². The summed E-state index contributed by atoms with van der Waals surface area (Å²) < 4.78 is 1.54. The van der Waals surface area contributed by atoms with Gasteiger partial charge in [-0.15, -0.1) is 0 Å². The molecule has 0 bridgehead atoms. The van der Waals surface area contributed by atoms with Crippen molar-refractivity contribution in [2.75, 3.05) is 30.4 Å². The van der Waals surface area contributed by atoms with Crippen LogP contribution in [0.15, 0.2) is 35.8 Å². The second kappa shape index (κ2) is 6.48. The lowest BCUT2D eigenvalue weighted by molar-refractivity contribution is -0.389. The van der Waals surface area contributed by atoms with Gasteiger partial charge in [0, 0.05) is 38.3 Å². The van der Waals surface area contributed by atoms with E-state index < -0.39 is 0 Å². The zero-order valence-corrected chi connectivity index (χ0v) is 14.7. The van der Waals surface area contributed by atoms with Gasteiger partial charge in [-0.25, -0.2) is 0 Å². The van der Waals surface area contributed by atoms with Crippen LogP contribution >= 0.6 is 11.3 Å². The van der Waals surface area contributed by atoms with Gasteiger partial charge in [-0.2, -0.15) is 9.38 Å². The Hall–Kier alpha value is -2.61. The molecule has 0 aliphatic carbocycles. The van der Waals surface area contributed by atoms with Crippen molar-refractivity contribution in [3.05, 3.63) is 51.5 Å². The highest BCUT2D eigenvalue weighted by Crippen LogP contribution is 2.31. The van der Waals surface area contributed by atoms with Crippen LogP contribution in [0.1, 0.15) is 12.5 Å². The largest absolute Gasteiger partial charge is 0.378 e. The lowest BCUT2D eigenvalue weighted by Crippen LogP contribution is -2.23. The highest BCUT2D eigenvalue weighted by molar-refractivity contribution is 7.15. The molecule has 2 heterocycles. The van der Waals surface area contributed by atoms with E-state index in [0.717, 1.165) is 11.3 Å². The number of anilines is 2. The normalized spacial score (nSPS) is 11.0. The first-order valence-electron chi connectivity index (χ1n) is 7.62. The summed E-state index contributed by atoms with van der Waals surface area (Å²) in [6.45, 7) is 3.20. The number of hydrogen-bond acceptors (Lipinski definition) is 6. The van der Waals surface area contributed by atoms with Gasteiger partial charge in [-0.1, -0.05) is 23.5 Å². The monoisotopic (exact) mass is 345 g/mol. The maximum Gasteiger partial charge on any atom is 0.373 e. The smallest absolute Gasteiger partial charge is 0.373 e. The molecule has 0 aliphatic rings. The molecule has 0 spiro atoms. The van der Waals surface area contributed by atoms with Crippen molar-refractivity contribution >= 4 is 33.6 Å². The van der Waals surface area contributed by atoms with Gasteiger partial charge < -0.3 is 19.9 Å². The van der Waals surface area contributed by atoms with Gasteiger partial charge in [0.05, 0.1) is 0 Å². The lowest BCUT2D eigenvalue weighted by Gasteiger charge is -2.20. The van der Waals surface area contributed by atoms with E-state index in [0.29, 0.717) is 23.9 Å². The van der Waals surface area contributed by atoms with Gasteiger partial charge in [0.1, 0.15) is 6.20 Å². The molecule has 3 rings (SSSR count). The van der Waals surface area contributed by atoms with Gasteiger partial charge in [0.2, 0.25) is 5.82 Å². The highest BCUT2D eigenvalue weighted by Gasteiger charge is 2.27. The van der Waals surface area contributed by atoms with Crippen LogP contribution in [-0.2, 0) is 6.54 Å². The predicted molar refractivity (Wildman–Crippen MR) is 97.2 cm³/mol. The van der Waals surface area contributed by atoms with Crippen LogP contribution in [0.25, 0.3) is 4.96 Å². The minimum Gasteiger partial charge on any atom is -0.378 e. The Labute approximate surface area is 143 Å². The van der Waals surface area contributed by atoms with Crippen LogP contribution in [0, 0.1) is 10.1 Å². The minimum absolute atomic E-state index is 0.0259. The number of imidazole rings is 1. The Bertz CT molecular complexity index is 853. The first-order valence-corrected chi connectivity index (χ1v) is 8.50. The Balaban J connectivity index is 1.93. The Morgan fingerprint density at radius 1 is 1.29 bits per heavy atom. The average molecular weight is 345 g/mol. The van der Waals surface area contributed by atoms with Crippen LogP contribution in [0.2, 0.25) is 0 Å². The average Bonchev–Trinajstić information content (AvgIpc) is 3.13. The standard InChI is InChI=1S/C16H19N5O2S/c1-4-19(11-12-5-7-13(8-6-12)18(2)3)14-15(21(22)23)20-9-10-24-16(20)17-14/h5-10H,4,11H2,1-3H3. The Kier molecular flexibility index (Phi) is 4.39. The van der Waals surface area contributed by atoms with E-state index in [1.54, 1.807) is 11.6 Å². The molecule has 0 radical (unpaired) electrons. The molecule has 3 aromatic rings. The molecule has 0 saturated carbocycles. The van der Waals surface area contributed by atoms with Crippen LogP contribution in [0.3, 0.4) is 0 Å². The summed E-state index contributed by atoms with van der Waals surface area (Å²) in [4.78, 5) is 20.2. The zero-order valence-electron chi connectivity index (χ0n) is 13.8. The van der Waals surface area contributed by atoms with Gasteiger partial charge in [0.25, 0.3) is 4.96 Å². The third-order valence-electron chi connectivity index (χ3n) is 3.90. The van der Waals surface area contributed by atoms with Gasteiger partial charge in [-0.3, -0.25) is 0 Å². The van der Waals surface area contributed by atoms with Crippen LogP contribution in [-0.4, -0.2) is 34.9 Å². The second-order valence-corrected chi connectivity index (χ2v) is 6.52. The quantitative estimate of drug-likeness (QED) is 0.506. The molecule has 0 fully saturated rings. The van der Waals surface area contributed by atoms with Crippen molar-refractivity contribution < 1.29 is 4.92 Å². The maximum absolute atomic E-state index is 11.5. The molecule has 0 saturated heterocycles. The number of nitro groups is 1. The summed E-state index contributed by atoms with van der Waals surface area (Å²) in [5.74, 6) is 0.448. The van der Waals surface area contributed by atoms with Crippen LogP contribution < -0.4 is 9.80 Å². The molecule has 0 unspecified atom stereocenters. The van der Waals surface area contributed by atoms with E-state index >= 15 is 0 Å². The number of hydrogen-bond donors (Lipinski definition) is 0. The fourth-order valence-electron chi connectivity index (χ4n) is 2.60. The number of aromatic nitrogens is 2. The van der Waals surface area contributed by atoms with Crippen molar-refractivity contribution in [2.24, 2.45) is 0 Å². The summed E-state index contributed by atoms with van der Waals surface area (Å²) in [7, 11) is 3.99. The molecule has 0 aliphatic heterocycles. The fourth-order valence-corrected chi connectivity index (χ4v) is 3.30. The number of benzene rings is 1. The maximum atomic E-state index is 11.5. The summed E-state index contributed by atoms with van der Waals surface area (Å²) in [5.41, 5.74) is 2.21. The number of thiazole rings is 1. The van der Waals surface area contributed by atoms with Gasteiger partial charge in [-0.05, 0) is 29.5 Å². The molecule has 0 atom stereocenters. The molecular weight excluding hydrogens is 326 g/mol. The molecule has 2 aromatic heterocycles. The zero-order chi connectivity index (χ0) is 17.3. The van der Waals surface area contributed by atoms with Crippen LogP contribution in [0.4, 0.5) is 17.3 Å². The molecule has 126 valence electrons. The second-order valence-electron chi connectivity index (χ2n) is 5.65. The van der Waals surface area contributed by atoms with E-state index in [4.69, 9.17) is 0 Å². The number of fused-ring (bicyclic) bond motifs is 1. The Morgan fingerprint density at radius 3 is 2.58 bits per heavy atom. The molecule has 0 N–H and O–H groups in total. The van der Waals surface area contributed by atoms with E-state index in [9.17, 15) is 10.1 Å². The first-order chi connectivity index (χ1) is 11.5. The molecule has 1 aromatic carbocycles. The summed E-state index contributed by atoms with van der Waals surface area (Å²) in [6, 6.07) is 8.18. The fraction of sp³-hybridized carbons (Fsp3) is 0.312. The van der Waals surface area contributed by atoms with E-state index in [-0.39, 0.29) is 10.7 Å². The summed E-state index contributed by atoms with van der Waals surface area (Å²) >= 11 is 1.39. The van der Waals surface area contributed by atoms with E-state index in [1.807, 2.05) is 55.1 Å². The third kappa shape index (κ3) is 2.92. The van der Waals surface area contributed by atoms with Gasteiger partial charge >= 0.3 is 5.82 Å². The number of rotatable bonds is 6.